The summed E-state index contributed by atoms with van der Waals surface area (Å²) in [5, 5.41) is 12.4. The maximum Gasteiger partial charge on any atom is 0.337 e. The summed E-state index contributed by atoms with van der Waals surface area (Å²) < 4.78 is 5.29. The molecule has 0 radical (unpaired) electrons. The van der Waals surface area contributed by atoms with Crippen LogP contribution in [0.2, 0.25) is 0 Å². The molecule has 0 aliphatic carbocycles. The number of hydrogen-bond donors (Lipinski definition) is 2. The Morgan fingerprint density at radius 1 is 1.07 bits per heavy atom. The number of piperazine rings is 1. The Morgan fingerprint density at radius 3 is 2.43 bits per heavy atom. The first-order valence-corrected chi connectivity index (χ1v) is 9.33. The number of ether oxygens (including phenoxy) is 1. The van der Waals surface area contributed by atoms with E-state index < -0.39 is 5.97 Å². The Labute approximate surface area is 164 Å². The Morgan fingerprint density at radius 2 is 1.79 bits per heavy atom. The molecule has 0 bridgehead atoms. The second-order valence-corrected chi connectivity index (χ2v) is 6.61. The topological polar surface area (TPSA) is 82.1 Å². The van der Waals surface area contributed by atoms with Crippen molar-refractivity contribution < 1.29 is 19.4 Å². The van der Waals surface area contributed by atoms with E-state index in [0.29, 0.717) is 30.9 Å². The quantitative estimate of drug-likeness (QED) is 0.798. The maximum atomic E-state index is 11.8. The van der Waals surface area contributed by atoms with Gasteiger partial charge in [0, 0.05) is 50.0 Å². The normalized spacial score (nSPS) is 13.9. The molecule has 0 atom stereocenters. The summed E-state index contributed by atoms with van der Waals surface area (Å²) in [6.07, 6.45) is 0.344. The second-order valence-electron chi connectivity index (χ2n) is 6.61. The zero-order valence-corrected chi connectivity index (χ0v) is 16.1. The van der Waals surface area contributed by atoms with Crippen LogP contribution in [0.15, 0.2) is 42.5 Å². The monoisotopic (exact) mass is 383 g/mol. The van der Waals surface area contributed by atoms with Crippen LogP contribution in [0.4, 0.5) is 17.1 Å². The number of amides is 1. The van der Waals surface area contributed by atoms with E-state index in [4.69, 9.17) is 4.74 Å². The van der Waals surface area contributed by atoms with Gasteiger partial charge in [0.2, 0.25) is 5.91 Å². The summed E-state index contributed by atoms with van der Waals surface area (Å²) >= 11 is 0. The summed E-state index contributed by atoms with van der Waals surface area (Å²) in [7, 11) is 1.65. The number of benzene rings is 2. The van der Waals surface area contributed by atoms with Crippen molar-refractivity contribution in [1.82, 2.24) is 0 Å². The SMILES string of the molecule is CCC(=O)Nc1ccc(N2CCN(c3cccc(OC)c3)CC2)c(C(=O)O)c1. The van der Waals surface area contributed by atoms with Crippen LogP contribution in [0, 0.1) is 0 Å². The number of carboxylic acids is 1. The average Bonchev–Trinajstić information content (AvgIpc) is 2.73. The van der Waals surface area contributed by atoms with Crippen molar-refractivity contribution >= 4 is 28.9 Å². The number of nitrogens with zero attached hydrogens (tertiary/aromatic N) is 2. The molecule has 2 aromatic carbocycles. The van der Waals surface area contributed by atoms with Crippen LogP contribution in [-0.2, 0) is 4.79 Å². The van der Waals surface area contributed by atoms with E-state index in [9.17, 15) is 14.7 Å². The Balaban J connectivity index is 1.74. The summed E-state index contributed by atoms with van der Waals surface area (Å²) in [4.78, 5) is 27.7. The molecular weight excluding hydrogens is 358 g/mol. The lowest BCUT2D eigenvalue weighted by Crippen LogP contribution is -2.47. The van der Waals surface area contributed by atoms with Crippen molar-refractivity contribution in [3.8, 4) is 5.75 Å². The fourth-order valence-corrected chi connectivity index (χ4v) is 3.32. The van der Waals surface area contributed by atoms with Gasteiger partial charge < -0.3 is 25.0 Å². The molecule has 2 aromatic rings. The molecule has 1 aliphatic rings. The van der Waals surface area contributed by atoms with Crippen LogP contribution in [0.25, 0.3) is 0 Å². The largest absolute Gasteiger partial charge is 0.497 e. The number of methoxy groups -OCH3 is 1. The van der Waals surface area contributed by atoms with Crippen LogP contribution in [0.1, 0.15) is 23.7 Å². The number of carboxylic acid groups (broad SMARTS) is 1. The molecule has 7 heteroatoms. The number of anilines is 3. The molecule has 2 N–H and O–H groups in total. The summed E-state index contributed by atoms with van der Waals surface area (Å²) in [6.45, 7) is 4.72. The van der Waals surface area contributed by atoms with Crippen molar-refractivity contribution in [2.45, 2.75) is 13.3 Å². The number of hydrogen-bond acceptors (Lipinski definition) is 5. The first kappa shape index (κ1) is 19.5. The predicted octanol–water partition coefficient (Wildman–Crippen LogP) is 3.07. The van der Waals surface area contributed by atoms with E-state index >= 15 is 0 Å². The van der Waals surface area contributed by atoms with Gasteiger partial charge in [0.25, 0.3) is 0 Å². The minimum atomic E-state index is -1.00. The standard InChI is InChI=1S/C21H25N3O4/c1-3-20(25)22-15-7-8-19(18(13-15)21(26)27)24-11-9-23(10-12-24)16-5-4-6-17(14-16)28-2/h4-8,13-14H,3,9-12H2,1-2H3,(H,22,25)(H,26,27). The molecule has 0 unspecified atom stereocenters. The van der Waals surface area contributed by atoms with Gasteiger partial charge >= 0.3 is 5.97 Å². The molecule has 1 saturated heterocycles. The first-order valence-electron chi connectivity index (χ1n) is 9.33. The molecule has 0 saturated carbocycles. The van der Waals surface area contributed by atoms with Gasteiger partial charge in [0.05, 0.1) is 18.4 Å². The van der Waals surface area contributed by atoms with Crippen molar-refractivity contribution in [2.75, 3.05) is 48.4 Å². The van der Waals surface area contributed by atoms with E-state index in [2.05, 4.69) is 15.1 Å². The van der Waals surface area contributed by atoms with Crippen LogP contribution < -0.4 is 19.9 Å². The highest BCUT2D eigenvalue weighted by Gasteiger charge is 2.22. The Hall–Kier alpha value is -3.22. The summed E-state index contributed by atoms with van der Waals surface area (Å²) in [5.74, 6) is -0.327. The van der Waals surface area contributed by atoms with Gasteiger partial charge in [-0.25, -0.2) is 4.79 Å². The van der Waals surface area contributed by atoms with Crippen LogP contribution in [0.3, 0.4) is 0 Å². The molecule has 1 aliphatic heterocycles. The molecule has 7 nitrogen and oxygen atoms in total. The van der Waals surface area contributed by atoms with Crippen LogP contribution >= 0.6 is 0 Å². The number of aromatic carboxylic acids is 1. The van der Waals surface area contributed by atoms with Crippen molar-refractivity contribution in [3.05, 3.63) is 48.0 Å². The van der Waals surface area contributed by atoms with E-state index in [0.717, 1.165) is 24.5 Å². The van der Waals surface area contributed by atoms with Gasteiger partial charge in [-0.05, 0) is 30.3 Å². The highest BCUT2D eigenvalue weighted by atomic mass is 16.5. The molecule has 1 amide bonds. The summed E-state index contributed by atoms with van der Waals surface area (Å²) in [5.41, 5.74) is 2.47. The van der Waals surface area contributed by atoms with Gasteiger partial charge in [0.15, 0.2) is 0 Å². The zero-order valence-electron chi connectivity index (χ0n) is 16.1. The van der Waals surface area contributed by atoms with E-state index in [1.54, 1.807) is 26.2 Å². The van der Waals surface area contributed by atoms with Gasteiger partial charge in [-0.1, -0.05) is 13.0 Å². The van der Waals surface area contributed by atoms with Gasteiger partial charge in [-0.3, -0.25) is 4.79 Å². The van der Waals surface area contributed by atoms with Gasteiger partial charge in [-0.2, -0.15) is 0 Å². The lowest BCUT2D eigenvalue weighted by Gasteiger charge is -2.38. The molecule has 0 spiro atoms. The first-order chi connectivity index (χ1) is 13.5. The minimum absolute atomic E-state index is 0.143. The lowest BCUT2D eigenvalue weighted by molar-refractivity contribution is -0.115. The highest BCUT2D eigenvalue weighted by Crippen LogP contribution is 2.28. The molecular formula is C21H25N3O4. The van der Waals surface area contributed by atoms with Crippen molar-refractivity contribution in [1.29, 1.82) is 0 Å². The Kier molecular flexibility index (Phi) is 6.03. The number of nitrogens with one attached hydrogen (secondary N) is 1. The fourth-order valence-electron chi connectivity index (χ4n) is 3.32. The number of carbonyl (C=O) groups is 2. The van der Waals surface area contributed by atoms with Crippen molar-refractivity contribution in [2.24, 2.45) is 0 Å². The molecule has 3 rings (SSSR count). The van der Waals surface area contributed by atoms with E-state index in [-0.39, 0.29) is 11.5 Å². The maximum absolute atomic E-state index is 11.8. The summed E-state index contributed by atoms with van der Waals surface area (Å²) in [6, 6.07) is 13.0. The zero-order chi connectivity index (χ0) is 20.1. The van der Waals surface area contributed by atoms with Gasteiger partial charge in [0.1, 0.15) is 5.75 Å². The molecule has 148 valence electrons. The third-order valence-corrected chi connectivity index (χ3v) is 4.87. The van der Waals surface area contributed by atoms with Crippen LogP contribution in [0.5, 0.6) is 5.75 Å². The molecule has 1 heterocycles. The predicted molar refractivity (Wildman–Crippen MR) is 110 cm³/mol. The van der Waals surface area contributed by atoms with E-state index in [1.807, 2.05) is 24.3 Å². The van der Waals surface area contributed by atoms with Crippen LogP contribution in [-0.4, -0.2) is 50.3 Å². The number of carbonyl (C=O) groups excluding carboxylic acids is 1. The fraction of sp³-hybridized carbons (Fsp3) is 0.333. The second kappa shape index (κ2) is 8.65. The Bertz CT molecular complexity index is 860. The third kappa shape index (κ3) is 4.36. The minimum Gasteiger partial charge on any atom is -0.497 e. The molecule has 1 fully saturated rings. The third-order valence-electron chi connectivity index (χ3n) is 4.87. The van der Waals surface area contributed by atoms with Crippen molar-refractivity contribution in [3.63, 3.8) is 0 Å². The molecule has 28 heavy (non-hydrogen) atoms. The molecule has 0 aromatic heterocycles. The number of rotatable bonds is 6. The highest BCUT2D eigenvalue weighted by molar-refractivity contribution is 5.98. The van der Waals surface area contributed by atoms with Gasteiger partial charge in [-0.15, -0.1) is 0 Å². The average molecular weight is 383 g/mol. The lowest BCUT2D eigenvalue weighted by atomic mass is 10.1. The smallest absolute Gasteiger partial charge is 0.337 e. The van der Waals surface area contributed by atoms with E-state index in [1.165, 1.54) is 6.07 Å².